The van der Waals surface area contributed by atoms with Crippen molar-refractivity contribution in [1.29, 1.82) is 0 Å². The second-order valence-corrected chi connectivity index (χ2v) is 7.29. The highest BCUT2D eigenvalue weighted by Gasteiger charge is 2.32. The number of hydrogen-bond acceptors (Lipinski definition) is 5. The Balaban J connectivity index is 2.01. The van der Waals surface area contributed by atoms with Crippen molar-refractivity contribution in [3.8, 4) is 0 Å². The maximum atomic E-state index is 12.6. The van der Waals surface area contributed by atoms with Crippen LogP contribution in [0.3, 0.4) is 0 Å². The molecule has 3 rings (SSSR count). The van der Waals surface area contributed by atoms with Crippen LogP contribution in [0.1, 0.15) is 53.6 Å². The molecule has 0 aromatic carbocycles. The number of thiophene rings is 1. The van der Waals surface area contributed by atoms with Crippen LogP contribution >= 0.6 is 11.3 Å². The number of carbonyl (C=O) groups excluding carboxylic acids is 1. The molecule has 0 atom stereocenters. The van der Waals surface area contributed by atoms with Crippen LogP contribution in [0.4, 0.5) is 5.69 Å². The summed E-state index contributed by atoms with van der Waals surface area (Å²) in [4.78, 5) is 27.1. The minimum Gasteiger partial charge on any atom is -0.477 e. The van der Waals surface area contributed by atoms with Crippen LogP contribution in [0, 0.1) is 0 Å². The molecule has 2 aliphatic rings. The van der Waals surface area contributed by atoms with Crippen molar-refractivity contribution in [2.45, 2.75) is 45.1 Å². The fourth-order valence-corrected chi connectivity index (χ4v) is 4.32. The van der Waals surface area contributed by atoms with E-state index in [0.717, 1.165) is 24.1 Å². The monoisotopic (exact) mass is 365 g/mol. The van der Waals surface area contributed by atoms with Crippen molar-refractivity contribution in [2.24, 2.45) is 0 Å². The maximum absolute atomic E-state index is 12.6. The SMILES string of the molecule is CCC(=O)N(c1cc(C2=CCCCC2)sc1C(=O)O)C1COCOC1. The van der Waals surface area contributed by atoms with Gasteiger partial charge < -0.3 is 19.5 Å². The van der Waals surface area contributed by atoms with Crippen LogP contribution in [-0.4, -0.2) is 43.0 Å². The van der Waals surface area contributed by atoms with Gasteiger partial charge in [-0.2, -0.15) is 0 Å². The van der Waals surface area contributed by atoms with E-state index in [4.69, 9.17) is 9.47 Å². The summed E-state index contributed by atoms with van der Waals surface area (Å²) in [6.45, 7) is 2.67. The molecule has 0 bridgehead atoms. The van der Waals surface area contributed by atoms with Crippen LogP contribution in [0.2, 0.25) is 0 Å². The summed E-state index contributed by atoms with van der Waals surface area (Å²) in [5.74, 6) is -1.13. The van der Waals surface area contributed by atoms with Gasteiger partial charge in [0.05, 0.1) is 24.9 Å². The van der Waals surface area contributed by atoms with E-state index < -0.39 is 5.97 Å². The molecule has 6 nitrogen and oxygen atoms in total. The van der Waals surface area contributed by atoms with Gasteiger partial charge in [0.1, 0.15) is 11.7 Å². The average Bonchev–Trinajstić information content (AvgIpc) is 3.08. The highest BCUT2D eigenvalue weighted by Crippen LogP contribution is 2.39. The van der Waals surface area contributed by atoms with Crippen LogP contribution in [0.25, 0.3) is 5.57 Å². The highest BCUT2D eigenvalue weighted by molar-refractivity contribution is 7.15. The number of carboxylic acid groups (broad SMARTS) is 1. The van der Waals surface area contributed by atoms with Crippen molar-refractivity contribution in [3.05, 3.63) is 21.9 Å². The lowest BCUT2D eigenvalue weighted by atomic mass is 9.98. The Kier molecular flexibility index (Phi) is 5.88. The van der Waals surface area contributed by atoms with Gasteiger partial charge in [0.2, 0.25) is 5.91 Å². The molecule has 1 amide bonds. The Labute approximate surface area is 151 Å². The van der Waals surface area contributed by atoms with E-state index in [9.17, 15) is 14.7 Å². The third-order valence-electron chi connectivity index (χ3n) is 4.50. The molecule has 7 heteroatoms. The summed E-state index contributed by atoms with van der Waals surface area (Å²) in [6.07, 6.45) is 6.74. The number of carbonyl (C=O) groups is 2. The maximum Gasteiger partial charge on any atom is 0.348 e. The first kappa shape index (κ1) is 18.1. The zero-order valence-corrected chi connectivity index (χ0v) is 15.1. The molecule has 1 aliphatic carbocycles. The fraction of sp³-hybridized carbons (Fsp3) is 0.556. The average molecular weight is 365 g/mol. The van der Waals surface area contributed by atoms with Gasteiger partial charge in [-0.15, -0.1) is 11.3 Å². The quantitative estimate of drug-likeness (QED) is 0.864. The molecule has 1 N–H and O–H groups in total. The number of allylic oxidation sites excluding steroid dienone is 2. The lowest BCUT2D eigenvalue weighted by Crippen LogP contribution is -2.48. The van der Waals surface area contributed by atoms with Crippen molar-refractivity contribution < 1.29 is 24.2 Å². The van der Waals surface area contributed by atoms with Gasteiger partial charge in [0.15, 0.2) is 0 Å². The topological polar surface area (TPSA) is 76.1 Å². The molecule has 0 spiro atoms. The Morgan fingerprint density at radius 2 is 2.08 bits per heavy atom. The lowest BCUT2D eigenvalue weighted by molar-refractivity contribution is -0.127. The molecule has 0 saturated carbocycles. The molecular formula is C18H23NO5S. The summed E-state index contributed by atoms with van der Waals surface area (Å²) < 4.78 is 10.7. The second kappa shape index (κ2) is 8.12. The van der Waals surface area contributed by atoms with Gasteiger partial charge in [-0.05, 0) is 37.3 Å². The summed E-state index contributed by atoms with van der Waals surface area (Å²) in [5, 5.41) is 9.67. The Bertz CT molecular complexity index is 675. The number of ether oxygens (including phenoxy) is 2. The van der Waals surface area contributed by atoms with E-state index >= 15 is 0 Å². The standard InChI is InChI=1S/C18H23NO5S/c1-2-16(20)19(13-9-23-11-24-10-13)14-8-15(25-17(14)18(21)22)12-6-4-3-5-7-12/h6,8,13H,2-5,7,9-11H2,1H3,(H,21,22). The lowest BCUT2D eigenvalue weighted by Gasteiger charge is -2.33. The number of carboxylic acids is 1. The molecule has 1 fully saturated rings. The van der Waals surface area contributed by atoms with Gasteiger partial charge in [-0.25, -0.2) is 4.79 Å². The number of aromatic carboxylic acids is 1. The van der Waals surface area contributed by atoms with Gasteiger partial charge in [0, 0.05) is 11.3 Å². The first-order valence-electron chi connectivity index (χ1n) is 8.66. The van der Waals surface area contributed by atoms with Gasteiger partial charge in [-0.1, -0.05) is 13.0 Å². The summed E-state index contributed by atoms with van der Waals surface area (Å²) in [5.41, 5.74) is 1.65. The zero-order valence-electron chi connectivity index (χ0n) is 14.3. The summed E-state index contributed by atoms with van der Waals surface area (Å²) in [7, 11) is 0. The molecule has 1 aliphatic heterocycles. The molecule has 1 aromatic heterocycles. The molecule has 1 aromatic rings. The van der Waals surface area contributed by atoms with E-state index in [1.807, 2.05) is 6.07 Å². The van der Waals surface area contributed by atoms with Crippen molar-refractivity contribution >= 4 is 34.5 Å². The second-order valence-electron chi connectivity index (χ2n) is 6.24. The number of nitrogens with zero attached hydrogens (tertiary/aromatic N) is 1. The zero-order chi connectivity index (χ0) is 17.8. The molecule has 136 valence electrons. The number of amides is 1. The smallest absolute Gasteiger partial charge is 0.348 e. The Morgan fingerprint density at radius 3 is 2.68 bits per heavy atom. The Hall–Kier alpha value is -1.70. The van der Waals surface area contributed by atoms with E-state index in [-0.39, 0.29) is 23.6 Å². The van der Waals surface area contributed by atoms with E-state index in [0.29, 0.717) is 25.3 Å². The van der Waals surface area contributed by atoms with E-state index in [2.05, 4.69) is 6.08 Å². The molecular weight excluding hydrogens is 342 g/mol. The molecule has 0 radical (unpaired) electrons. The van der Waals surface area contributed by atoms with Gasteiger partial charge >= 0.3 is 5.97 Å². The fourth-order valence-electron chi connectivity index (χ4n) is 3.26. The third kappa shape index (κ3) is 3.94. The predicted octanol–water partition coefficient (Wildman–Crippen LogP) is 3.52. The highest BCUT2D eigenvalue weighted by atomic mass is 32.1. The van der Waals surface area contributed by atoms with E-state index in [1.54, 1.807) is 11.8 Å². The van der Waals surface area contributed by atoms with Crippen LogP contribution < -0.4 is 4.90 Å². The molecule has 25 heavy (non-hydrogen) atoms. The Morgan fingerprint density at radius 1 is 1.32 bits per heavy atom. The van der Waals surface area contributed by atoms with Crippen molar-refractivity contribution in [1.82, 2.24) is 0 Å². The third-order valence-corrected chi connectivity index (χ3v) is 5.68. The van der Waals surface area contributed by atoms with Crippen LogP contribution in [0.15, 0.2) is 12.1 Å². The molecule has 0 unspecified atom stereocenters. The normalized spacial score (nSPS) is 18.7. The largest absolute Gasteiger partial charge is 0.477 e. The molecule has 2 heterocycles. The van der Waals surface area contributed by atoms with Crippen molar-refractivity contribution in [2.75, 3.05) is 24.9 Å². The first-order chi connectivity index (χ1) is 12.1. The van der Waals surface area contributed by atoms with Crippen LogP contribution in [0.5, 0.6) is 0 Å². The first-order valence-corrected chi connectivity index (χ1v) is 9.47. The summed E-state index contributed by atoms with van der Waals surface area (Å²) in [6, 6.07) is 1.55. The summed E-state index contributed by atoms with van der Waals surface area (Å²) >= 11 is 1.25. The van der Waals surface area contributed by atoms with Crippen LogP contribution in [-0.2, 0) is 14.3 Å². The number of rotatable bonds is 5. The van der Waals surface area contributed by atoms with Crippen molar-refractivity contribution in [3.63, 3.8) is 0 Å². The molecule has 1 saturated heterocycles. The van der Waals surface area contributed by atoms with Gasteiger partial charge in [-0.3, -0.25) is 4.79 Å². The number of anilines is 1. The van der Waals surface area contributed by atoms with E-state index in [1.165, 1.54) is 23.3 Å². The predicted molar refractivity (Wildman–Crippen MR) is 96.1 cm³/mol. The number of hydrogen-bond donors (Lipinski definition) is 1. The minimum atomic E-state index is -1.01. The minimum absolute atomic E-state index is 0.122. The van der Waals surface area contributed by atoms with Gasteiger partial charge in [0.25, 0.3) is 0 Å².